The fraction of sp³-hybridized carbons (Fsp3) is 0. The van der Waals surface area contributed by atoms with Crippen molar-refractivity contribution in [2.45, 2.75) is 0 Å². The van der Waals surface area contributed by atoms with Crippen molar-refractivity contribution in [2.24, 2.45) is 0 Å². The van der Waals surface area contributed by atoms with E-state index in [9.17, 15) is 0 Å². The molecule has 0 unspecified atom stereocenters. The standard InChI is InChI=1S/Co.Fe.Mn.H3O4P/c;;;1-5(2,3)4/h;;;(H3,1,2,3,4). The zero-order valence-corrected chi connectivity index (χ0v) is 7.48. The third kappa shape index (κ3) is 124. The van der Waals surface area contributed by atoms with Crippen LogP contribution >= 0.6 is 7.82 Å². The normalized spacial score (nSPS) is 7.38. The van der Waals surface area contributed by atoms with Crippen LogP contribution in [0.2, 0.25) is 0 Å². The molecule has 0 aliphatic carbocycles. The second kappa shape index (κ2) is 8.66. The van der Waals surface area contributed by atoms with Gasteiger partial charge in [0.2, 0.25) is 0 Å². The van der Waals surface area contributed by atoms with Gasteiger partial charge in [0.15, 0.2) is 0 Å². The first-order valence-corrected chi connectivity index (χ1v) is 2.35. The summed E-state index contributed by atoms with van der Waals surface area (Å²) in [6.45, 7) is 0. The zero-order valence-electron chi connectivity index (χ0n) is 3.26. The van der Waals surface area contributed by atoms with Gasteiger partial charge < -0.3 is 14.7 Å². The number of hydrogen-bond acceptors (Lipinski definition) is 1. The minimum atomic E-state index is -4.64. The van der Waals surface area contributed by atoms with Crippen LogP contribution in [0.25, 0.3) is 0 Å². The van der Waals surface area contributed by atoms with E-state index >= 15 is 0 Å². The van der Waals surface area contributed by atoms with E-state index in [0.717, 1.165) is 0 Å². The van der Waals surface area contributed by atoms with Crippen LogP contribution in [0.1, 0.15) is 0 Å². The molecular weight excluding hydrogens is 265 g/mol. The van der Waals surface area contributed by atoms with Crippen LogP contribution in [0.5, 0.6) is 0 Å². The molecule has 0 aromatic rings. The van der Waals surface area contributed by atoms with E-state index in [4.69, 9.17) is 19.2 Å². The van der Waals surface area contributed by atoms with E-state index in [1.165, 1.54) is 0 Å². The first-order valence-electron chi connectivity index (χ1n) is 0.783. The molecule has 0 saturated heterocycles. The fourth-order valence-electron chi connectivity index (χ4n) is 0. The Morgan fingerprint density at radius 1 is 1.12 bits per heavy atom. The summed E-state index contributed by atoms with van der Waals surface area (Å²) in [7, 11) is -4.64. The predicted molar refractivity (Wildman–Crippen MR) is 14.3 cm³/mol. The molecule has 0 aromatic heterocycles. The summed E-state index contributed by atoms with van der Waals surface area (Å²) in [6, 6.07) is 0. The number of rotatable bonds is 0. The van der Waals surface area contributed by atoms with Gasteiger partial charge in [-0.05, 0) is 0 Å². The van der Waals surface area contributed by atoms with E-state index < -0.39 is 7.82 Å². The number of phosphoric acid groups is 1. The molecule has 8 heavy (non-hydrogen) atoms. The minimum absolute atomic E-state index is 0. The van der Waals surface area contributed by atoms with Crippen LogP contribution < -0.4 is 0 Å². The summed E-state index contributed by atoms with van der Waals surface area (Å²) in [6.07, 6.45) is 0. The van der Waals surface area contributed by atoms with E-state index in [-0.39, 0.29) is 50.9 Å². The second-order valence-corrected chi connectivity index (χ2v) is 1.54. The van der Waals surface area contributed by atoms with Gasteiger partial charge in [-0.1, -0.05) is 0 Å². The van der Waals surface area contributed by atoms with E-state index in [1.54, 1.807) is 0 Å². The smallest absolute Gasteiger partial charge is 0.303 e. The maximum Gasteiger partial charge on any atom is 0.466 e. The molecule has 4 nitrogen and oxygen atoms in total. The van der Waals surface area contributed by atoms with Crippen molar-refractivity contribution in [1.82, 2.24) is 0 Å². The SMILES string of the molecule is O=P(O)(O)O.[Co].[Fe].[Mn]. The summed E-state index contributed by atoms with van der Waals surface area (Å²) < 4.78 is 8.88. The van der Waals surface area contributed by atoms with Crippen molar-refractivity contribution in [3.63, 3.8) is 0 Å². The third-order valence-electron chi connectivity index (χ3n) is 0. The molecular formula is H3CoFeMnO4P. The van der Waals surface area contributed by atoms with Crippen LogP contribution in [0.3, 0.4) is 0 Å². The Bertz CT molecular complexity index is 62.2. The summed E-state index contributed by atoms with van der Waals surface area (Å²) in [5.41, 5.74) is 0. The van der Waals surface area contributed by atoms with Gasteiger partial charge in [-0.3, -0.25) is 0 Å². The molecule has 0 saturated carbocycles. The molecule has 0 bridgehead atoms. The molecule has 56 valence electrons. The van der Waals surface area contributed by atoms with Crippen LogP contribution in [-0.2, 0) is 55.5 Å². The maximum atomic E-state index is 8.88. The molecule has 0 spiro atoms. The molecule has 0 aromatic carbocycles. The summed E-state index contributed by atoms with van der Waals surface area (Å²) in [5, 5.41) is 0. The Morgan fingerprint density at radius 3 is 1.12 bits per heavy atom. The van der Waals surface area contributed by atoms with Gasteiger partial charge >= 0.3 is 7.82 Å². The van der Waals surface area contributed by atoms with E-state index in [2.05, 4.69) is 0 Å². The first-order chi connectivity index (χ1) is 2.00. The van der Waals surface area contributed by atoms with Crippen LogP contribution in [0.4, 0.5) is 0 Å². The molecule has 0 amide bonds. The Hall–Kier alpha value is 1.66. The molecule has 2 radical (unpaired) electrons. The van der Waals surface area contributed by atoms with E-state index in [0.29, 0.717) is 0 Å². The number of hydrogen-bond donors (Lipinski definition) is 3. The zero-order chi connectivity index (χ0) is 4.50. The second-order valence-electron chi connectivity index (χ2n) is 0.513. The van der Waals surface area contributed by atoms with Crippen LogP contribution in [0.15, 0.2) is 0 Å². The fourth-order valence-corrected chi connectivity index (χ4v) is 0. The van der Waals surface area contributed by atoms with Crippen molar-refractivity contribution in [3.8, 4) is 0 Å². The van der Waals surface area contributed by atoms with Crippen molar-refractivity contribution in [3.05, 3.63) is 0 Å². The average molecular weight is 268 g/mol. The average Bonchev–Trinajstić information content (AvgIpc) is 0.722. The van der Waals surface area contributed by atoms with Gasteiger partial charge in [-0.2, -0.15) is 0 Å². The van der Waals surface area contributed by atoms with Gasteiger partial charge in [-0.25, -0.2) is 4.57 Å². The largest absolute Gasteiger partial charge is 0.466 e. The molecule has 3 N–H and O–H groups in total. The van der Waals surface area contributed by atoms with Crippen molar-refractivity contribution in [1.29, 1.82) is 0 Å². The van der Waals surface area contributed by atoms with Gasteiger partial charge in [0.25, 0.3) is 0 Å². The van der Waals surface area contributed by atoms with Gasteiger partial charge in [0.1, 0.15) is 0 Å². The molecule has 0 fully saturated rings. The minimum Gasteiger partial charge on any atom is -0.303 e. The Balaban J connectivity index is -0.0000000267. The Labute approximate surface area is 77.8 Å². The molecule has 0 atom stereocenters. The molecule has 8 heteroatoms. The van der Waals surface area contributed by atoms with Gasteiger partial charge in [0, 0.05) is 50.9 Å². The molecule has 0 rings (SSSR count). The molecule has 0 aliphatic rings. The predicted octanol–water partition coefficient (Wildman–Crippen LogP) is -0.936. The van der Waals surface area contributed by atoms with Crippen molar-refractivity contribution < 1.29 is 70.2 Å². The monoisotopic (exact) mass is 268 g/mol. The summed E-state index contributed by atoms with van der Waals surface area (Å²) >= 11 is 0. The first kappa shape index (κ1) is 22.6. The maximum absolute atomic E-state index is 8.88. The molecule has 0 heterocycles. The van der Waals surface area contributed by atoms with Gasteiger partial charge in [0.05, 0.1) is 0 Å². The topological polar surface area (TPSA) is 77.8 Å². The quantitative estimate of drug-likeness (QED) is 0.391. The third-order valence-corrected chi connectivity index (χ3v) is 0. The van der Waals surface area contributed by atoms with E-state index in [1.807, 2.05) is 0 Å². The Kier molecular flexibility index (Phi) is 24.5. The van der Waals surface area contributed by atoms with Crippen LogP contribution in [0, 0.1) is 0 Å². The van der Waals surface area contributed by atoms with Gasteiger partial charge in [-0.15, -0.1) is 0 Å². The molecule has 0 aliphatic heterocycles. The summed E-state index contributed by atoms with van der Waals surface area (Å²) in [4.78, 5) is 21.6. The summed E-state index contributed by atoms with van der Waals surface area (Å²) in [5.74, 6) is 0. The van der Waals surface area contributed by atoms with Crippen molar-refractivity contribution in [2.75, 3.05) is 0 Å². The van der Waals surface area contributed by atoms with Crippen LogP contribution in [-0.4, -0.2) is 14.7 Å². The Morgan fingerprint density at radius 2 is 1.12 bits per heavy atom. The van der Waals surface area contributed by atoms with Crippen molar-refractivity contribution >= 4 is 7.82 Å².